The van der Waals surface area contributed by atoms with E-state index in [2.05, 4.69) is 9.27 Å². The maximum absolute atomic E-state index is 9.66. The molecule has 0 spiro atoms. The molecule has 0 amide bonds. The summed E-state index contributed by atoms with van der Waals surface area (Å²) in [6.45, 7) is 0. The van der Waals surface area contributed by atoms with Crippen LogP contribution in [0.2, 0.25) is 0 Å². The topological polar surface area (TPSA) is 167 Å². The van der Waals surface area contributed by atoms with Crippen molar-refractivity contribution in [2.24, 2.45) is 5.14 Å². The van der Waals surface area contributed by atoms with Crippen LogP contribution in [0.3, 0.4) is 0 Å². The SMILES string of the molecule is CNS(=O)[O-].NS(=O)(=O)[N-]S(=O)[O-].[Rf]. The molecule has 2 unspecified atom stereocenters. The molecule has 0 fully saturated rings. The van der Waals surface area contributed by atoms with Crippen molar-refractivity contribution >= 4 is 32.7 Å². The smallest absolute Gasteiger partial charge is 0.140 e. The minimum Gasteiger partial charge on any atom is -0.788 e. The first kappa shape index (κ1) is 18.8. The number of nitrogens with two attached hydrogens (primary N) is 1. The largest absolute Gasteiger partial charge is 0.788 e. The zero-order valence-corrected chi connectivity index (χ0v) is 15.8. The third-order valence-electron chi connectivity index (χ3n) is 0.331. The number of rotatable bonds is 3. The Hall–Kier alpha value is -0.950. The molecule has 84 valence electrons. The fourth-order valence-electron chi connectivity index (χ4n) is 0.0848. The molecule has 0 aliphatic carbocycles. The maximum Gasteiger partial charge on any atom is 0.140 e. The van der Waals surface area contributed by atoms with E-state index in [4.69, 9.17) is 0 Å². The Bertz CT molecular complexity index is 276. The normalized spacial score (nSPS) is 14.3. The molecule has 0 rings (SSSR count). The molecular formula is CH6N3O6RfS3-3. The van der Waals surface area contributed by atoms with E-state index >= 15 is 0 Å². The Morgan fingerprint density at radius 3 is 1.64 bits per heavy atom. The molecule has 0 aromatic rings. The van der Waals surface area contributed by atoms with Gasteiger partial charge in [-0.05, 0) is 7.05 Å². The van der Waals surface area contributed by atoms with Gasteiger partial charge in [-0.15, -0.1) is 0 Å². The molecule has 0 heterocycles. The van der Waals surface area contributed by atoms with E-state index in [9.17, 15) is 25.9 Å². The third-order valence-corrected chi connectivity index (χ3v) is 1.98. The van der Waals surface area contributed by atoms with Gasteiger partial charge < -0.3 is 13.2 Å². The van der Waals surface area contributed by atoms with Crippen LogP contribution in [0.4, 0.5) is 0 Å². The summed E-state index contributed by atoms with van der Waals surface area (Å²) in [5.74, 6) is 0. The number of nitrogens with one attached hydrogen (secondary N) is 1. The predicted octanol–water partition coefficient (Wildman–Crippen LogP) is -2.64. The fraction of sp³-hybridized carbons (Fsp3) is 1.00. The van der Waals surface area contributed by atoms with Gasteiger partial charge in [-0.25, -0.2) is 13.6 Å². The van der Waals surface area contributed by atoms with Crippen LogP contribution in [0.25, 0.3) is 4.13 Å². The first-order valence-corrected chi connectivity index (χ1v) is 5.91. The molecule has 0 aliphatic rings. The van der Waals surface area contributed by atoms with E-state index in [1.54, 1.807) is 0 Å². The molecule has 0 saturated carbocycles. The van der Waals surface area contributed by atoms with E-state index < -0.39 is 32.7 Å². The Labute approximate surface area is 80.1 Å². The van der Waals surface area contributed by atoms with Crippen LogP contribution in [0.1, 0.15) is 0 Å². The summed E-state index contributed by atoms with van der Waals surface area (Å²) in [4.78, 5) is 0. The van der Waals surface area contributed by atoms with Crippen molar-refractivity contribution in [3.8, 4) is 0 Å². The van der Waals surface area contributed by atoms with Crippen LogP contribution in [-0.4, -0.2) is 33.0 Å². The van der Waals surface area contributed by atoms with Crippen molar-refractivity contribution in [3.63, 3.8) is 0 Å². The van der Waals surface area contributed by atoms with E-state index in [-0.39, 0.29) is 0 Å². The van der Waals surface area contributed by atoms with E-state index in [1.165, 1.54) is 7.05 Å². The van der Waals surface area contributed by atoms with E-state index in [1.807, 2.05) is 4.72 Å². The van der Waals surface area contributed by atoms with Gasteiger partial charge in [0.25, 0.3) is 0 Å². The molecule has 3 N–H and O–H groups in total. The Morgan fingerprint density at radius 1 is 1.36 bits per heavy atom. The van der Waals surface area contributed by atoms with E-state index in [0.29, 0.717) is 0 Å². The van der Waals surface area contributed by atoms with Gasteiger partial charge in [0.1, 0.15) is 10.2 Å². The van der Waals surface area contributed by atoms with Crippen molar-refractivity contribution in [2.75, 3.05) is 7.05 Å². The van der Waals surface area contributed by atoms with Crippen LogP contribution in [0.5, 0.6) is 0 Å². The van der Waals surface area contributed by atoms with Gasteiger partial charge in [0.2, 0.25) is 0 Å². The molecular weight excluding hydrogens is 513 g/mol. The quantitative estimate of drug-likeness (QED) is 0.387. The molecule has 0 aromatic heterocycles. The number of hydrogen-bond acceptors (Lipinski definition) is 6. The average molecular weight is 519 g/mol. The van der Waals surface area contributed by atoms with Crippen molar-refractivity contribution in [3.05, 3.63) is 4.13 Å². The summed E-state index contributed by atoms with van der Waals surface area (Å²) in [6, 6.07) is 0. The van der Waals surface area contributed by atoms with Crippen LogP contribution in [-0.2, 0) is 32.7 Å². The molecule has 0 aliphatic heterocycles. The summed E-state index contributed by atoms with van der Waals surface area (Å²) in [6.07, 6.45) is 0. The van der Waals surface area contributed by atoms with Gasteiger partial charge >= 0.3 is 0 Å². The molecule has 0 aromatic carbocycles. The zero-order chi connectivity index (χ0) is 11.1. The molecule has 0 saturated heterocycles. The zero-order valence-electron chi connectivity index (χ0n) is 6.91. The van der Waals surface area contributed by atoms with Gasteiger partial charge in [-0.1, -0.05) is 0 Å². The van der Waals surface area contributed by atoms with Crippen molar-refractivity contribution < 1.29 is 25.9 Å². The van der Waals surface area contributed by atoms with Crippen LogP contribution in [0.15, 0.2) is 0 Å². The van der Waals surface area contributed by atoms with Crippen LogP contribution in [0, 0.1) is 0 Å². The second-order valence-corrected chi connectivity index (χ2v) is 4.18. The van der Waals surface area contributed by atoms with Gasteiger partial charge in [-0.2, -0.15) is 11.3 Å². The Kier molecular flexibility index (Phi) is 11.6. The third kappa shape index (κ3) is 30.5. The first-order chi connectivity index (χ1) is 5.69. The molecule has 0 bridgehead atoms. The van der Waals surface area contributed by atoms with Crippen molar-refractivity contribution in [1.29, 1.82) is 0 Å². The number of nitrogens with zero attached hydrogens (tertiary/aromatic N) is 1. The maximum atomic E-state index is 9.66. The summed E-state index contributed by atoms with van der Waals surface area (Å²) < 4.78 is 60.6. The minimum atomic E-state index is -4.21. The van der Waals surface area contributed by atoms with Crippen molar-refractivity contribution in [1.82, 2.24) is 4.72 Å². The molecule has 9 nitrogen and oxygen atoms in total. The minimum absolute atomic E-state index is 0. The van der Waals surface area contributed by atoms with Crippen LogP contribution >= 0.6 is 0 Å². The average Bonchev–Trinajstić information content (AvgIpc) is 1.83. The summed E-state index contributed by atoms with van der Waals surface area (Å²) in [7, 11) is -2.87. The summed E-state index contributed by atoms with van der Waals surface area (Å²) in [5.41, 5.74) is 0. The fourth-order valence-corrected chi connectivity index (χ4v) is 0.763. The van der Waals surface area contributed by atoms with Crippen LogP contribution < -0.4 is 9.86 Å². The van der Waals surface area contributed by atoms with Gasteiger partial charge in [0.05, 0.1) is 0 Å². The van der Waals surface area contributed by atoms with E-state index in [0.717, 1.165) is 0 Å². The summed E-state index contributed by atoms with van der Waals surface area (Å²) in [5, 5.41) is 4.15. The Balaban J connectivity index is -0.000000177. The molecule has 2 atom stereocenters. The summed E-state index contributed by atoms with van der Waals surface area (Å²) >= 11 is -5.05. The van der Waals surface area contributed by atoms with Gasteiger partial charge in [0.15, 0.2) is 0 Å². The van der Waals surface area contributed by atoms with Gasteiger partial charge in [-0.3, -0.25) is 13.1 Å². The Morgan fingerprint density at radius 2 is 1.64 bits per heavy atom. The monoisotopic (exact) mass is 519 g/mol. The second-order valence-electron chi connectivity index (χ2n) is 1.25. The standard InChI is InChI=1S/CH5NO2S.H3N2O4S2.Rf/c1-2-5(3)4;1-8(5,6)2-7(3)4;/h2H,1H3,(H,3,4);(H,3,4)(H2,1,5,6);/q;-1;/p-2. The molecule has 0 radical (unpaired) electrons. The molecule has 13 heteroatoms. The van der Waals surface area contributed by atoms with Crippen molar-refractivity contribution in [2.45, 2.75) is 0 Å². The van der Waals surface area contributed by atoms with Gasteiger partial charge in [0, 0.05) is 11.3 Å². The number of hydrogen-bond donors (Lipinski definition) is 2. The molecule has 14 heavy (non-hydrogen) atoms. The predicted molar refractivity (Wildman–Crippen MR) is 43.4 cm³/mol. The first-order valence-electron chi connectivity index (χ1n) is 2.30. The second kappa shape index (κ2) is 8.64.